The summed E-state index contributed by atoms with van der Waals surface area (Å²) in [5.41, 5.74) is 10.3. The fraction of sp³-hybridized carbons (Fsp3) is 0.0833. The van der Waals surface area contributed by atoms with Crippen molar-refractivity contribution >= 4 is 71.0 Å². The Kier molecular flexibility index (Phi) is 7.66. The standard InChI is InChI=1S/C48H41N5Si2/c1-54(2)43-22-12-8-18-39(43)51(40-19-9-13-23-44(40)54)36-28-26-35(27-29-36)48-49-47(34-16-6-5-7-17-34)50-53(48)38-32-30-37(31-33-38)52-41-20-10-14-24-45(41)55(3,4)46-25-15-11-21-42(46)52/h5-33H,1-4H3. The molecule has 1 aromatic heterocycles. The first-order chi connectivity index (χ1) is 26.8. The second-order valence-corrected chi connectivity index (χ2v) is 24.2. The van der Waals surface area contributed by atoms with Crippen LogP contribution in [0.5, 0.6) is 0 Å². The summed E-state index contributed by atoms with van der Waals surface area (Å²) in [4.78, 5) is 10.0. The number of nitrogens with zero attached hydrogens (tertiary/aromatic N) is 5. The Morgan fingerprint density at radius 1 is 0.364 bits per heavy atom. The molecule has 2 aliphatic heterocycles. The Bertz CT molecular complexity index is 2450. The molecule has 266 valence electrons. The molecule has 10 rings (SSSR count). The number of hydrogen-bond acceptors (Lipinski definition) is 4. The summed E-state index contributed by atoms with van der Waals surface area (Å²) in [7, 11) is -3.73. The van der Waals surface area contributed by atoms with Crippen LogP contribution in [0.15, 0.2) is 176 Å². The second kappa shape index (κ2) is 12.7. The third-order valence-corrected chi connectivity index (χ3v) is 18.7. The van der Waals surface area contributed by atoms with Gasteiger partial charge in [0, 0.05) is 45.3 Å². The minimum absolute atomic E-state index is 0.695. The zero-order valence-corrected chi connectivity index (χ0v) is 33.5. The number of hydrogen-bond donors (Lipinski definition) is 0. The molecule has 0 amide bonds. The van der Waals surface area contributed by atoms with Gasteiger partial charge >= 0.3 is 0 Å². The summed E-state index contributed by atoms with van der Waals surface area (Å²) >= 11 is 0. The maximum absolute atomic E-state index is 5.19. The Hall–Kier alpha value is -6.29. The van der Waals surface area contributed by atoms with E-state index in [4.69, 9.17) is 10.1 Å². The van der Waals surface area contributed by atoms with Crippen LogP contribution < -0.4 is 30.5 Å². The second-order valence-electron chi connectivity index (χ2n) is 15.6. The molecule has 2 aliphatic rings. The lowest BCUT2D eigenvalue weighted by molar-refractivity contribution is 0.890. The minimum Gasteiger partial charge on any atom is -0.311 e. The van der Waals surface area contributed by atoms with Gasteiger partial charge in [-0.25, -0.2) is 9.67 Å². The highest BCUT2D eigenvalue weighted by molar-refractivity contribution is 7.03. The molecule has 0 spiro atoms. The molecule has 5 nitrogen and oxygen atoms in total. The summed E-state index contributed by atoms with van der Waals surface area (Å²) in [5.74, 6) is 1.49. The third-order valence-electron chi connectivity index (χ3n) is 11.6. The van der Waals surface area contributed by atoms with Crippen molar-refractivity contribution in [3.63, 3.8) is 0 Å². The molecular weight excluding hydrogens is 703 g/mol. The molecule has 0 radical (unpaired) electrons. The lowest BCUT2D eigenvalue weighted by atomic mass is 10.1. The monoisotopic (exact) mass is 743 g/mol. The van der Waals surface area contributed by atoms with Crippen LogP contribution in [0.1, 0.15) is 0 Å². The fourth-order valence-corrected chi connectivity index (χ4v) is 14.8. The van der Waals surface area contributed by atoms with Crippen LogP contribution in [0, 0.1) is 0 Å². The zero-order valence-electron chi connectivity index (χ0n) is 31.5. The van der Waals surface area contributed by atoms with Gasteiger partial charge in [0.25, 0.3) is 0 Å². The lowest BCUT2D eigenvalue weighted by Crippen LogP contribution is -2.58. The largest absolute Gasteiger partial charge is 0.311 e. The van der Waals surface area contributed by atoms with E-state index in [1.54, 1.807) is 0 Å². The van der Waals surface area contributed by atoms with Crippen molar-refractivity contribution in [1.82, 2.24) is 14.8 Å². The molecule has 0 aliphatic carbocycles. The Morgan fingerprint density at radius 2 is 0.727 bits per heavy atom. The van der Waals surface area contributed by atoms with Gasteiger partial charge in [-0.1, -0.05) is 129 Å². The highest BCUT2D eigenvalue weighted by Crippen LogP contribution is 2.40. The first kappa shape index (κ1) is 33.3. The fourth-order valence-electron chi connectivity index (χ4n) is 8.79. The van der Waals surface area contributed by atoms with Crippen LogP contribution in [0.2, 0.25) is 26.2 Å². The number of benzene rings is 7. The molecule has 0 fully saturated rings. The van der Waals surface area contributed by atoms with Crippen molar-refractivity contribution in [2.45, 2.75) is 26.2 Å². The zero-order chi connectivity index (χ0) is 37.3. The topological polar surface area (TPSA) is 37.2 Å². The first-order valence-corrected chi connectivity index (χ1v) is 25.0. The molecule has 0 saturated carbocycles. The number of para-hydroxylation sites is 4. The van der Waals surface area contributed by atoms with Crippen molar-refractivity contribution in [2.75, 3.05) is 9.80 Å². The van der Waals surface area contributed by atoms with Crippen LogP contribution in [0.25, 0.3) is 28.5 Å². The normalized spacial score (nSPS) is 14.8. The van der Waals surface area contributed by atoms with Crippen LogP contribution >= 0.6 is 0 Å². The number of anilines is 6. The molecule has 3 heterocycles. The van der Waals surface area contributed by atoms with Gasteiger partial charge in [0.2, 0.25) is 0 Å². The molecular formula is C48H41N5Si2. The average Bonchev–Trinajstić information content (AvgIpc) is 3.68. The average molecular weight is 744 g/mol. The van der Waals surface area contributed by atoms with Crippen molar-refractivity contribution < 1.29 is 0 Å². The predicted octanol–water partition coefficient (Wildman–Crippen LogP) is 9.81. The van der Waals surface area contributed by atoms with Gasteiger partial charge in [-0.3, -0.25) is 0 Å². The molecule has 0 unspecified atom stereocenters. The Labute approximate surface area is 324 Å². The molecule has 8 aromatic rings. The van der Waals surface area contributed by atoms with Crippen LogP contribution in [0.3, 0.4) is 0 Å². The van der Waals surface area contributed by atoms with Crippen LogP contribution in [-0.4, -0.2) is 30.9 Å². The van der Waals surface area contributed by atoms with Gasteiger partial charge in [0.1, 0.15) is 16.1 Å². The van der Waals surface area contributed by atoms with E-state index in [0.29, 0.717) is 5.82 Å². The maximum Gasteiger partial charge on any atom is 0.182 e. The van der Waals surface area contributed by atoms with Gasteiger partial charge in [-0.05, 0) is 93.5 Å². The Balaban J connectivity index is 1.06. The van der Waals surface area contributed by atoms with E-state index in [1.165, 1.54) is 43.5 Å². The molecule has 0 saturated heterocycles. The van der Waals surface area contributed by atoms with E-state index in [2.05, 4.69) is 194 Å². The molecule has 0 atom stereocenters. The Morgan fingerprint density at radius 3 is 1.16 bits per heavy atom. The van der Waals surface area contributed by atoms with E-state index in [9.17, 15) is 0 Å². The smallest absolute Gasteiger partial charge is 0.182 e. The van der Waals surface area contributed by atoms with Gasteiger partial charge in [-0.15, -0.1) is 5.10 Å². The first-order valence-electron chi connectivity index (χ1n) is 19.0. The summed E-state index contributed by atoms with van der Waals surface area (Å²) in [6.45, 7) is 9.84. The SMILES string of the molecule is C[Si]1(C)c2ccccc2N(c2ccc(-c3nc(-c4ccccc4)nn3-c3ccc(N4c5ccccc5[Si](C)(C)c5ccccc54)cc3)cc2)c2ccccc21. The molecule has 0 bridgehead atoms. The summed E-state index contributed by atoms with van der Waals surface area (Å²) in [6, 6.07) is 63.6. The highest BCUT2D eigenvalue weighted by Gasteiger charge is 2.39. The number of rotatable bonds is 5. The quantitative estimate of drug-likeness (QED) is 0.165. The van der Waals surface area contributed by atoms with E-state index >= 15 is 0 Å². The maximum atomic E-state index is 5.19. The van der Waals surface area contributed by atoms with Crippen molar-refractivity contribution in [2.24, 2.45) is 0 Å². The van der Waals surface area contributed by atoms with Crippen molar-refractivity contribution in [1.29, 1.82) is 0 Å². The van der Waals surface area contributed by atoms with E-state index < -0.39 is 16.1 Å². The molecule has 55 heavy (non-hydrogen) atoms. The van der Waals surface area contributed by atoms with Gasteiger partial charge in [0.05, 0.1) is 5.69 Å². The summed E-state index contributed by atoms with van der Waals surface area (Å²) in [6.07, 6.45) is 0. The molecule has 0 N–H and O–H groups in total. The summed E-state index contributed by atoms with van der Waals surface area (Å²) in [5, 5.41) is 11.0. The van der Waals surface area contributed by atoms with Crippen LogP contribution in [0.4, 0.5) is 34.1 Å². The highest BCUT2D eigenvalue weighted by atomic mass is 28.3. The molecule has 7 heteroatoms. The van der Waals surface area contributed by atoms with E-state index in [1.807, 2.05) is 22.9 Å². The molecule has 7 aromatic carbocycles. The lowest BCUT2D eigenvalue weighted by Gasteiger charge is -2.41. The van der Waals surface area contributed by atoms with Gasteiger partial charge in [0.15, 0.2) is 11.6 Å². The van der Waals surface area contributed by atoms with Crippen LogP contribution in [-0.2, 0) is 0 Å². The van der Waals surface area contributed by atoms with Gasteiger partial charge in [-0.2, -0.15) is 0 Å². The number of fused-ring (bicyclic) bond motifs is 4. The minimum atomic E-state index is -1.87. The van der Waals surface area contributed by atoms with Crippen molar-refractivity contribution in [3.05, 3.63) is 176 Å². The number of aromatic nitrogens is 3. The third kappa shape index (κ3) is 5.26. The summed E-state index contributed by atoms with van der Waals surface area (Å²) < 4.78 is 1.99. The van der Waals surface area contributed by atoms with Gasteiger partial charge < -0.3 is 9.80 Å². The predicted molar refractivity (Wildman–Crippen MR) is 235 cm³/mol. The van der Waals surface area contributed by atoms with E-state index in [0.717, 1.165) is 34.0 Å². The van der Waals surface area contributed by atoms with E-state index in [-0.39, 0.29) is 0 Å². The van der Waals surface area contributed by atoms with Crippen molar-refractivity contribution in [3.8, 4) is 28.5 Å².